The number of hydrogen-bond acceptors (Lipinski definition) is 2. The highest BCUT2D eigenvalue weighted by Gasteiger charge is 1.92. The van der Waals surface area contributed by atoms with Gasteiger partial charge >= 0.3 is 0 Å². The minimum absolute atomic E-state index is 0.963. The van der Waals surface area contributed by atoms with Crippen LogP contribution < -0.4 is 5.32 Å². The van der Waals surface area contributed by atoms with Crippen molar-refractivity contribution in [2.45, 2.75) is 32.6 Å². The van der Waals surface area contributed by atoms with E-state index in [1.165, 1.54) is 25.7 Å². The zero-order valence-electron chi connectivity index (χ0n) is 8.59. The number of pyridine rings is 1. The molecule has 0 saturated carbocycles. The lowest BCUT2D eigenvalue weighted by molar-refractivity contribution is 0.684. The van der Waals surface area contributed by atoms with E-state index < -0.39 is 0 Å². The van der Waals surface area contributed by atoms with Crippen LogP contribution in [-0.4, -0.2) is 11.5 Å². The summed E-state index contributed by atoms with van der Waals surface area (Å²) in [5.74, 6) is 0.963. The van der Waals surface area contributed by atoms with Crippen molar-refractivity contribution in [2.75, 3.05) is 11.9 Å². The van der Waals surface area contributed by atoms with Gasteiger partial charge in [0.25, 0.3) is 0 Å². The van der Waals surface area contributed by atoms with Gasteiger partial charge in [-0.1, -0.05) is 26.2 Å². The Bertz CT molecular complexity index is 246. The van der Waals surface area contributed by atoms with Crippen molar-refractivity contribution in [3.05, 3.63) is 22.8 Å². The van der Waals surface area contributed by atoms with Gasteiger partial charge in [0.2, 0.25) is 0 Å². The lowest BCUT2D eigenvalue weighted by atomic mass is 10.2. The molecule has 0 bridgehead atoms. The number of rotatable bonds is 6. The second kappa shape index (κ2) is 6.82. The van der Waals surface area contributed by atoms with Crippen molar-refractivity contribution < 1.29 is 0 Å². The van der Waals surface area contributed by atoms with E-state index in [1.54, 1.807) is 0 Å². The Balaban J connectivity index is 2.15. The predicted molar refractivity (Wildman–Crippen MR) is 64.6 cm³/mol. The SMILES string of the molecule is CCCCCCNc1ccc(Br)cn1. The summed E-state index contributed by atoms with van der Waals surface area (Å²) in [7, 11) is 0. The van der Waals surface area contributed by atoms with E-state index in [1.807, 2.05) is 18.3 Å². The maximum Gasteiger partial charge on any atom is 0.125 e. The zero-order chi connectivity index (χ0) is 10.2. The summed E-state index contributed by atoms with van der Waals surface area (Å²) in [6, 6.07) is 3.99. The van der Waals surface area contributed by atoms with E-state index in [0.29, 0.717) is 0 Å². The first-order chi connectivity index (χ1) is 6.83. The third kappa shape index (κ3) is 4.61. The monoisotopic (exact) mass is 256 g/mol. The number of halogens is 1. The summed E-state index contributed by atoms with van der Waals surface area (Å²) in [6.45, 7) is 3.25. The van der Waals surface area contributed by atoms with Crippen LogP contribution in [0.15, 0.2) is 22.8 Å². The topological polar surface area (TPSA) is 24.9 Å². The Kier molecular flexibility index (Phi) is 5.60. The Labute approximate surface area is 94.3 Å². The predicted octanol–water partition coefficient (Wildman–Crippen LogP) is 3.84. The molecule has 0 radical (unpaired) electrons. The van der Waals surface area contributed by atoms with Crippen molar-refractivity contribution in [3.8, 4) is 0 Å². The van der Waals surface area contributed by atoms with Crippen LogP contribution in [0.1, 0.15) is 32.6 Å². The molecular weight excluding hydrogens is 240 g/mol. The van der Waals surface area contributed by atoms with Crippen LogP contribution in [0.2, 0.25) is 0 Å². The van der Waals surface area contributed by atoms with Crippen LogP contribution in [0.4, 0.5) is 5.82 Å². The molecule has 0 aromatic carbocycles. The highest BCUT2D eigenvalue weighted by atomic mass is 79.9. The molecule has 0 spiro atoms. The van der Waals surface area contributed by atoms with Gasteiger partial charge in [0.15, 0.2) is 0 Å². The molecule has 0 atom stereocenters. The largest absolute Gasteiger partial charge is 0.370 e. The lowest BCUT2D eigenvalue weighted by Crippen LogP contribution is -2.02. The third-order valence-electron chi connectivity index (χ3n) is 2.06. The molecule has 0 saturated heterocycles. The smallest absolute Gasteiger partial charge is 0.125 e. The summed E-state index contributed by atoms with van der Waals surface area (Å²) in [4.78, 5) is 4.24. The fourth-order valence-corrected chi connectivity index (χ4v) is 1.48. The molecule has 78 valence electrons. The minimum atomic E-state index is 0.963. The van der Waals surface area contributed by atoms with Crippen molar-refractivity contribution in [1.82, 2.24) is 4.98 Å². The molecule has 14 heavy (non-hydrogen) atoms. The van der Waals surface area contributed by atoms with Gasteiger partial charge in [0, 0.05) is 17.2 Å². The van der Waals surface area contributed by atoms with Gasteiger partial charge in [0.05, 0.1) is 0 Å². The molecule has 2 nitrogen and oxygen atoms in total. The van der Waals surface area contributed by atoms with E-state index in [4.69, 9.17) is 0 Å². The number of nitrogens with zero attached hydrogens (tertiary/aromatic N) is 1. The van der Waals surface area contributed by atoms with E-state index in [9.17, 15) is 0 Å². The Morgan fingerprint density at radius 3 is 2.79 bits per heavy atom. The van der Waals surface area contributed by atoms with Crippen molar-refractivity contribution in [2.24, 2.45) is 0 Å². The number of nitrogens with one attached hydrogen (secondary N) is 1. The molecule has 0 unspecified atom stereocenters. The fraction of sp³-hybridized carbons (Fsp3) is 0.545. The van der Waals surface area contributed by atoms with Gasteiger partial charge < -0.3 is 5.32 Å². The van der Waals surface area contributed by atoms with Crippen molar-refractivity contribution in [3.63, 3.8) is 0 Å². The normalized spacial score (nSPS) is 10.1. The summed E-state index contributed by atoms with van der Waals surface area (Å²) < 4.78 is 1.02. The number of anilines is 1. The lowest BCUT2D eigenvalue weighted by Gasteiger charge is -2.04. The molecule has 0 fully saturated rings. The number of unbranched alkanes of at least 4 members (excludes halogenated alkanes) is 3. The summed E-state index contributed by atoms with van der Waals surface area (Å²) in [5, 5.41) is 3.30. The van der Waals surface area contributed by atoms with Gasteiger partial charge in [0.1, 0.15) is 5.82 Å². The second-order valence-corrected chi connectivity index (χ2v) is 4.26. The number of aromatic nitrogens is 1. The molecule has 0 aliphatic heterocycles. The Hall–Kier alpha value is -0.570. The minimum Gasteiger partial charge on any atom is -0.370 e. The van der Waals surface area contributed by atoms with Crippen LogP contribution in [0.5, 0.6) is 0 Å². The first-order valence-corrected chi connectivity index (χ1v) is 5.97. The summed E-state index contributed by atoms with van der Waals surface area (Å²) in [5.41, 5.74) is 0. The molecule has 0 aliphatic carbocycles. The van der Waals surface area contributed by atoms with E-state index in [-0.39, 0.29) is 0 Å². The van der Waals surface area contributed by atoms with Crippen molar-refractivity contribution >= 4 is 21.7 Å². The first kappa shape index (κ1) is 11.5. The van der Waals surface area contributed by atoms with Crippen molar-refractivity contribution in [1.29, 1.82) is 0 Å². The first-order valence-electron chi connectivity index (χ1n) is 5.18. The Morgan fingerprint density at radius 1 is 1.29 bits per heavy atom. The molecule has 0 aliphatic rings. The molecule has 1 N–H and O–H groups in total. The van der Waals surface area contributed by atoms with Gasteiger partial charge in [-0.3, -0.25) is 0 Å². The molecular formula is C11H17BrN2. The van der Waals surface area contributed by atoms with Crippen LogP contribution in [0.25, 0.3) is 0 Å². The maximum atomic E-state index is 4.24. The van der Waals surface area contributed by atoms with E-state index >= 15 is 0 Å². The highest BCUT2D eigenvalue weighted by molar-refractivity contribution is 9.10. The summed E-state index contributed by atoms with van der Waals surface area (Å²) in [6.07, 6.45) is 6.96. The van der Waals surface area contributed by atoms with E-state index in [0.717, 1.165) is 16.8 Å². The molecule has 1 rings (SSSR count). The van der Waals surface area contributed by atoms with Gasteiger partial charge in [-0.15, -0.1) is 0 Å². The molecule has 1 aromatic heterocycles. The molecule has 1 heterocycles. The van der Waals surface area contributed by atoms with Gasteiger partial charge in [-0.25, -0.2) is 4.98 Å². The average molecular weight is 257 g/mol. The molecule has 1 aromatic rings. The van der Waals surface area contributed by atoms with Crippen LogP contribution in [0, 0.1) is 0 Å². The molecule has 0 amide bonds. The van der Waals surface area contributed by atoms with E-state index in [2.05, 4.69) is 33.2 Å². The van der Waals surface area contributed by atoms with Crippen LogP contribution >= 0.6 is 15.9 Å². The highest BCUT2D eigenvalue weighted by Crippen LogP contribution is 2.10. The molecule has 3 heteroatoms. The van der Waals surface area contributed by atoms with Gasteiger partial charge in [-0.05, 0) is 34.5 Å². The van der Waals surface area contributed by atoms with Crippen LogP contribution in [-0.2, 0) is 0 Å². The van der Waals surface area contributed by atoms with Gasteiger partial charge in [-0.2, -0.15) is 0 Å². The Morgan fingerprint density at radius 2 is 2.14 bits per heavy atom. The average Bonchev–Trinajstić information content (AvgIpc) is 2.21. The standard InChI is InChI=1S/C11H17BrN2/c1-2-3-4-5-8-13-11-7-6-10(12)9-14-11/h6-7,9H,2-5,8H2,1H3,(H,13,14). The maximum absolute atomic E-state index is 4.24. The number of hydrogen-bond donors (Lipinski definition) is 1. The van der Waals surface area contributed by atoms with Crippen LogP contribution in [0.3, 0.4) is 0 Å². The summed E-state index contributed by atoms with van der Waals surface area (Å²) >= 11 is 3.36. The second-order valence-electron chi connectivity index (χ2n) is 3.35. The fourth-order valence-electron chi connectivity index (χ4n) is 1.25. The quantitative estimate of drug-likeness (QED) is 0.783. The third-order valence-corrected chi connectivity index (χ3v) is 2.53. The zero-order valence-corrected chi connectivity index (χ0v) is 10.2.